The molecular formula is C15H25NO2. The lowest BCUT2D eigenvalue weighted by atomic mass is 9.81. The first-order valence-corrected chi connectivity index (χ1v) is 7.29. The smallest absolute Gasteiger partial charge is 0.222 e. The molecule has 1 aliphatic carbocycles. The van der Waals surface area contributed by atoms with Crippen LogP contribution in [0.5, 0.6) is 0 Å². The summed E-state index contributed by atoms with van der Waals surface area (Å²) in [5, 5.41) is 10.6. The lowest BCUT2D eigenvalue weighted by molar-refractivity contribution is -0.133. The van der Waals surface area contributed by atoms with Crippen LogP contribution in [0.3, 0.4) is 0 Å². The molecule has 1 aliphatic heterocycles. The predicted molar refractivity (Wildman–Crippen MR) is 72.2 cm³/mol. The van der Waals surface area contributed by atoms with Gasteiger partial charge in [-0.15, -0.1) is 6.58 Å². The topological polar surface area (TPSA) is 40.5 Å². The third-order valence-electron chi connectivity index (χ3n) is 4.57. The summed E-state index contributed by atoms with van der Waals surface area (Å²) in [7, 11) is 0. The van der Waals surface area contributed by atoms with Crippen LogP contribution in [-0.4, -0.2) is 34.6 Å². The second-order valence-electron chi connectivity index (χ2n) is 5.78. The minimum atomic E-state index is -0.827. The Morgan fingerprint density at radius 1 is 1.28 bits per heavy atom. The third kappa shape index (κ3) is 2.94. The van der Waals surface area contributed by atoms with Gasteiger partial charge in [0.2, 0.25) is 5.91 Å². The molecule has 1 heterocycles. The molecule has 1 N–H and O–H groups in total. The molecule has 1 amide bonds. The van der Waals surface area contributed by atoms with Crippen LogP contribution in [0.25, 0.3) is 0 Å². The van der Waals surface area contributed by atoms with Crippen molar-refractivity contribution in [2.45, 2.75) is 57.0 Å². The first-order valence-electron chi connectivity index (χ1n) is 7.29. The normalized spacial score (nSPS) is 33.2. The van der Waals surface area contributed by atoms with E-state index in [1.54, 1.807) is 6.08 Å². The SMILES string of the molecule is C=C[C@@]1(O)CCCCC[C@@H]1CC(=O)N1CCCC1. The van der Waals surface area contributed by atoms with Crippen LogP contribution in [0.2, 0.25) is 0 Å². The van der Waals surface area contributed by atoms with Gasteiger partial charge < -0.3 is 10.0 Å². The lowest BCUT2D eigenvalue weighted by Crippen LogP contribution is -2.39. The molecule has 2 fully saturated rings. The molecule has 0 aromatic carbocycles. The van der Waals surface area contributed by atoms with Gasteiger partial charge in [-0.05, 0) is 31.6 Å². The molecule has 1 saturated heterocycles. The van der Waals surface area contributed by atoms with Gasteiger partial charge in [-0.25, -0.2) is 0 Å². The Bertz CT molecular complexity index is 310. The Morgan fingerprint density at radius 2 is 2.00 bits per heavy atom. The summed E-state index contributed by atoms with van der Waals surface area (Å²) in [6.45, 7) is 5.58. The lowest BCUT2D eigenvalue weighted by Gasteiger charge is -2.32. The molecule has 0 unspecified atom stereocenters. The Labute approximate surface area is 110 Å². The minimum Gasteiger partial charge on any atom is -0.386 e. The van der Waals surface area contributed by atoms with E-state index in [1.807, 2.05) is 4.90 Å². The van der Waals surface area contributed by atoms with E-state index in [4.69, 9.17) is 0 Å². The molecule has 2 aliphatic rings. The van der Waals surface area contributed by atoms with E-state index in [0.717, 1.165) is 58.0 Å². The number of rotatable bonds is 3. The molecular weight excluding hydrogens is 226 g/mol. The summed E-state index contributed by atoms with van der Waals surface area (Å²) in [4.78, 5) is 14.2. The highest BCUT2D eigenvalue weighted by Gasteiger charge is 2.37. The molecule has 3 nitrogen and oxygen atoms in total. The number of hydrogen-bond acceptors (Lipinski definition) is 2. The number of carbonyl (C=O) groups is 1. The molecule has 0 radical (unpaired) electrons. The summed E-state index contributed by atoms with van der Waals surface area (Å²) in [5.74, 6) is 0.283. The maximum Gasteiger partial charge on any atom is 0.222 e. The quantitative estimate of drug-likeness (QED) is 0.618. The number of hydrogen-bond donors (Lipinski definition) is 1. The standard InChI is InChI=1S/C15H25NO2/c1-2-15(18)9-5-3-4-8-13(15)12-14(17)16-10-6-7-11-16/h2,13,18H,1,3-12H2/t13-,15-/m1/s1. The number of likely N-dealkylation sites (tertiary alicyclic amines) is 1. The van der Waals surface area contributed by atoms with E-state index < -0.39 is 5.60 Å². The van der Waals surface area contributed by atoms with Gasteiger partial charge in [0.25, 0.3) is 0 Å². The highest BCUT2D eigenvalue weighted by atomic mass is 16.3. The van der Waals surface area contributed by atoms with Crippen molar-refractivity contribution in [3.63, 3.8) is 0 Å². The molecule has 3 heteroatoms. The molecule has 0 aromatic rings. The first kappa shape index (κ1) is 13.6. The average molecular weight is 251 g/mol. The van der Waals surface area contributed by atoms with Crippen LogP contribution >= 0.6 is 0 Å². The van der Waals surface area contributed by atoms with Crippen LogP contribution in [0, 0.1) is 5.92 Å². The Morgan fingerprint density at radius 3 is 2.67 bits per heavy atom. The van der Waals surface area contributed by atoms with Crippen LogP contribution in [0.1, 0.15) is 51.4 Å². The van der Waals surface area contributed by atoms with Gasteiger partial charge in [-0.2, -0.15) is 0 Å². The van der Waals surface area contributed by atoms with Gasteiger partial charge in [0.15, 0.2) is 0 Å². The average Bonchev–Trinajstić information content (AvgIpc) is 2.84. The van der Waals surface area contributed by atoms with E-state index in [0.29, 0.717) is 6.42 Å². The van der Waals surface area contributed by atoms with Crippen LogP contribution in [0.4, 0.5) is 0 Å². The van der Waals surface area contributed by atoms with Gasteiger partial charge in [0.1, 0.15) is 0 Å². The van der Waals surface area contributed by atoms with Crippen LogP contribution in [-0.2, 0) is 4.79 Å². The third-order valence-corrected chi connectivity index (χ3v) is 4.57. The summed E-state index contributed by atoms with van der Waals surface area (Å²) in [5.41, 5.74) is -0.827. The highest BCUT2D eigenvalue weighted by molar-refractivity contribution is 5.76. The summed E-state index contributed by atoms with van der Waals surface area (Å²) >= 11 is 0. The molecule has 0 bridgehead atoms. The molecule has 102 valence electrons. The van der Waals surface area contributed by atoms with Crippen molar-refractivity contribution < 1.29 is 9.90 Å². The minimum absolute atomic E-state index is 0.0607. The molecule has 2 rings (SSSR count). The number of nitrogens with zero attached hydrogens (tertiary/aromatic N) is 1. The van der Waals surface area contributed by atoms with Crippen molar-refractivity contribution in [2.24, 2.45) is 5.92 Å². The second kappa shape index (κ2) is 5.87. The zero-order valence-corrected chi connectivity index (χ0v) is 11.2. The summed E-state index contributed by atoms with van der Waals surface area (Å²) < 4.78 is 0. The van der Waals surface area contributed by atoms with Crippen molar-refractivity contribution in [3.05, 3.63) is 12.7 Å². The first-order chi connectivity index (χ1) is 8.65. The molecule has 0 spiro atoms. The zero-order valence-electron chi connectivity index (χ0n) is 11.2. The van der Waals surface area contributed by atoms with Gasteiger partial charge in [0.05, 0.1) is 5.60 Å². The second-order valence-corrected chi connectivity index (χ2v) is 5.78. The largest absolute Gasteiger partial charge is 0.386 e. The monoisotopic (exact) mass is 251 g/mol. The fourth-order valence-electron chi connectivity index (χ4n) is 3.28. The number of amides is 1. The van der Waals surface area contributed by atoms with E-state index in [-0.39, 0.29) is 11.8 Å². The Hall–Kier alpha value is -0.830. The molecule has 2 atom stereocenters. The Balaban J connectivity index is 1.99. The fraction of sp³-hybridized carbons (Fsp3) is 0.800. The van der Waals surface area contributed by atoms with E-state index >= 15 is 0 Å². The van der Waals surface area contributed by atoms with Crippen molar-refractivity contribution in [2.75, 3.05) is 13.1 Å². The summed E-state index contributed by atoms with van der Waals surface area (Å²) in [6, 6.07) is 0. The van der Waals surface area contributed by atoms with Crippen LogP contribution in [0.15, 0.2) is 12.7 Å². The maximum absolute atomic E-state index is 12.2. The van der Waals surface area contributed by atoms with Crippen molar-refractivity contribution in [3.8, 4) is 0 Å². The summed E-state index contributed by atoms with van der Waals surface area (Å²) in [6.07, 6.45) is 9.43. The van der Waals surface area contributed by atoms with E-state index in [2.05, 4.69) is 6.58 Å². The predicted octanol–water partition coefficient (Wildman–Crippen LogP) is 2.50. The maximum atomic E-state index is 12.2. The number of aliphatic hydroxyl groups is 1. The van der Waals surface area contributed by atoms with Gasteiger partial charge in [-0.3, -0.25) is 4.79 Å². The van der Waals surface area contributed by atoms with Crippen molar-refractivity contribution >= 4 is 5.91 Å². The van der Waals surface area contributed by atoms with Gasteiger partial charge in [0, 0.05) is 19.5 Å². The van der Waals surface area contributed by atoms with Gasteiger partial charge >= 0.3 is 0 Å². The van der Waals surface area contributed by atoms with Crippen molar-refractivity contribution in [1.82, 2.24) is 4.90 Å². The molecule has 18 heavy (non-hydrogen) atoms. The van der Waals surface area contributed by atoms with Gasteiger partial charge in [-0.1, -0.05) is 25.3 Å². The zero-order chi connectivity index (χ0) is 13.0. The van der Waals surface area contributed by atoms with Crippen LogP contribution < -0.4 is 0 Å². The van der Waals surface area contributed by atoms with E-state index in [1.165, 1.54) is 0 Å². The van der Waals surface area contributed by atoms with Crippen molar-refractivity contribution in [1.29, 1.82) is 0 Å². The Kier molecular flexibility index (Phi) is 4.44. The molecule has 0 aromatic heterocycles. The molecule has 1 saturated carbocycles. The highest BCUT2D eigenvalue weighted by Crippen LogP contribution is 2.36. The number of carbonyl (C=O) groups excluding carboxylic acids is 1. The fourth-order valence-corrected chi connectivity index (χ4v) is 3.28. The van der Waals surface area contributed by atoms with E-state index in [9.17, 15) is 9.90 Å².